The number of amides is 1. The quantitative estimate of drug-likeness (QED) is 0.537. The molecule has 0 bridgehead atoms. The van der Waals surface area contributed by atoms with Crippen molar-refractivity contribution in [3.8, 4) is 5.75 Å². The summed E-state index contributed by atoms with van der Waals surface area (Å²) in [5.74, 6) is 0.515. The second-order valence-corrected chi connectivity index (χ2v) is 10.3. The predicted octanol–water partition coefficient (Wildman–Crippen LogP) is 3.02. The van der Waals surface area contributed by atoms with E-state index in [1.807, 2.05) is 37.2 Å². The summed E-state index contributed by atoms with van der Waals surface area (Å²) in [6.45, 7) is 10.8. The van der Waals surface area contributed by atoms with E-state index >= 15 is 0 Å². The molecule has 0 saturated carbocycles. The molecule has 9 nitrogen and oxygen atoms in total. The van der Waals surface area contributed by atoms with Gasteiger partial charge in [0.2, 0.25) is 0 Å². The van der Waals surface area contributed by atoms with Crippen molar-refractivity contribution in [2.75, 3.05) is 57.5 Å². The summed E-state index contributed by atoms with van der Waals surface area (Å²) in [4.78, 5) is 21.0. The van der Waals surface area contributed by atoms with E-state index in [-0.39, 0.29) is 5.91 Å². The smallest absolute Gasteiger partial charge is 0.264 e. The summed E-state index contributed by atoms with van der Waals surface area (Å²) >= 11 is 0. The lowest BCUT2D eigenvalue weighted by Crippen LogP contribution is -2.60. The first kappa shape index (κ1) is 27.9. The van der Waals surface area contributed by atoms with E-state index in [2.05, 4.69) is 22.5 Å². The van der Waals surface area contributed by atoms with Crippen molar-refractivity contribution in [2.45, 2.75) is 63.9 Å². The monoisotopic (exact) mass is 511 g/mol. The van der Waals surface area contributed by atoms with E-state index in [0.717, 1.165) is 43.8 Å². The van der Waals surface area contributed by atoms with Crippen molar-refractivity contribution < 1.29 is 28.1 Å². The van der Waals surface area contributed by atoms with Gasteiger partial charge in [0.1, 0.15) is 21.5 Å². The van der Waals surface area contributed by atoms with Gasteiger partial charge < -0.3 is 19.1 Å². The number of rotatable bonds is 8. The van der Waals surface area contributed by atoms with Crippen LogP contribution in [0, 0.1) is 0 Å². The van der Waals surface area contributed by atoms with Gasteiger partial charge in [-0.2, -0.15) is 0 Å². The number of nitrogens with one attached hydrogen (secondary N) is 1. The normalized spacial score (nSPS) is 23.5. The number of piperazine rings is 1. The summed E-state index contributed by atoms with van der Waals surface area (Å²) in [5.41, 5.74) is 3.69. The first-order chi connectivity index (χ1) is 17.1. The minimum atomic E-state index is -1.49. The molecule has 2 atom stereocenters. The summed E-state index contributed by atoms with van der Waals surface area (Å²) < 4.78 is 31.2. The Morgan fingerprint density at radius 3 is 2.37 bits per heavy atom. The van der Waals surface area contributed by atoms with Crippen LogP contribution in [-0.4, -0.2) is 78.1 Å². The lowest BCUT2D eigenvalue weighted by molar-refractivity contribution is -0.202. The predicted molar refractivity (Wildman–Crippen MR) is 136 cm³/mol. The molecule has 4 rings (SSSR count). The largest absolute Gasteiger partial charge is 0.494 e. The van der Waals surface area contributed by atoms with Crippen LogP contribution in [0.2, 0.25) is 0 Å². The second-order valence-electron chi connectivity index (χ2n) is 8.54. The van der Waals surface area contributed by atoms with E-state index in [0.29, 0.717) is 52.4 Å². The molecule has 1 amide bonds. The Hall–Kier alpha value is -1.72. The number of hydroxylamine groups is 1. The van der Waals surface area contributed by atoms with Crippen LogP contribution in [0.15, 0.2) is 24.3 Å². The van der Waals surface area contributed by atoms with Crippen LogP contribution in [0.25, 0.3) is 0 Å². The number of carbonyl (C=O) groups excluding carboxylic acids is 1. The molecule has 3 aliphatic rings. The highest BCUT2D eigenvalue weighted by molar-refractivity contribution is 7.85. The number of benzene rings is 1. The molecule has 2 unspecified atom stereocenters. The third-order valence-electron chi connectivity index (χ3n) is 6.46. The Balaban J connectivity index is 0.00000167. The molecular formula is C25H41N3O6S. The fourth-order valence-corrected chi connectivity index (χ4v) is 6.18. The van der Waals surface area contributed by atoms with Crippen molar-refractivity contribution in [1.82, 2.24) is 9.79 Å². The number of carbonyl (C=O) groups is 1. The van der Waals surface area contributed by atoms with Crippen LogP contribution < -0.4 is 15.1 Å². The zero-order valence-electron chi connectivity index (χ0n) is 21.3. The van der Waals surface area contributed by atoms with Gasteiger partial charge in [0, 0.05) is 58.1 Å². The minimum absolute atomic E-state index is 0.341. The molecule has 3 heterocycles. The number of ether oxygens (including phenoxy) is 3. The molecule has 3 fully saturated rings. The summed E-state index contributed by atoms with van der Waals surface area (Å²) in [6, 6.07) is 8.05. The maximum Gasteiger partial charge on any atom is 0.264 e. The van der Waals surface area contributed by atoms with Crippen LogP contribution in [0.3, 0.4) is 0 Å². The molecule has 35 heavy (non-hydrogen) atoms. The first-order valence-electron chi connectivity index (χ1n) is 12.9. The Morgan fingerprint density at radius 2 is 1.77 bits per heavy atom. The van der Waals surface area contributed by atoms with Crippen LogP contribution in [-0.2, 0) is 30.1 Å². The number of anilines is 1. The molecule has 3 aliphatic heterocycles. The molecule has 1 aromatic rings. The molecule has 198 valence electrons. The van der Waals surface area contributed by atoms with Gasteiger partial charge in [-0.1, -0.05) is 13.8 Å². The van der Waals surface area contributed by atoms with Crippen molar-refractivity contribution in [3.05, 3.63) is 24.3 Å². The molecule has 0 aromatic heterocycles. The molecule has 1 aromatic carbocycles. The van der Waals surface area contributed by atoms with Gasteiger partial charge in [-0.05, 0) is 56.9 Å². The fourth-order valence-electron chi connectivity index (χ4n) is 4.48. The van der Waals surface area contributed by atoms with E-state index in [1.54, 1.807) is 0 Å². The Kier molecular flexibility index (Phi) is 11.2. The van der Waals surface area contributed by atoms with Gasteiger partial charge in [-0.15, -0.1) is 0 Å². The van der Waals surface area contributed by atoms with Gasteiger partial charge in [-0.25, -0.2) is 18.8 Å². The van der Waals surface area contributed by atoms with E-state index in [1.165, 1.54) is 0 Å². The average Bonchev–Trinajstić information content (AvgIpc) is 2.94. The van der Waals surface area contributed by atoms with Gasteiger partial charge >= 0.3 is 0 Å². The Morgan fingerprint density at radius 1 is 1.09 bits per heavy atom. The molecule has 0 aliphatic carbocycles. The van der Waals surface area contributed by atoms with Crippen LogP contribution in [0.5, 0.6) is 5.75 Å². The zero-order chi connectivity index (χ0) is 25.1. The highest BCUT2D eigenvalue weighted by Crippen LogP contribution is 2.31. The van der Waals surface area contributed by atoms with Crippen molar-refractivity contribution in [2.24, 2.45) is 0 Å². The van der Waals surface area contributed by atoms with E-state index in [4.69, 9.17) is 19.0 Å². The standard InChI is InChI=1S/C23H35N3O6S.C2H6/c1-2-30-20-8-6-19(7-9-20)25-12-14-26(15-13-25)33(28)23(10-17-29-18-11-23)22(27)24-32-21-5-3-4-16-31-21;1-2/h6-9,21H,2-5,10-18H2,1H3,(H,24,27);1-2H3. The van der Waals surface area contributed by atoms with Crippen LogP contribution in [0.1, 0.15) is 52.9 Å². The van der Waals surface area contributed by atoms with Crippen molar-refractivity contribution in [1.29, 1.82) is 0 Å². The van der Waals surface area contributed by atoms with Gasteiger partial charge in [-0.3, -0.25) is 4.79 Å². The zero-order valence-corrected chi connectivity index (χ0v) is 22.1. The average molecular weight is 512 g/mol. The summed E-state index contributed by atoms with van der Waals surface area (Å²) in [7, 11) is -1.49. The van der Waals surface area contributed by atoms with E-state index in [9.17, 15) is 9.00 Å². The topological polar surface area (TPSA) is 89.6 Å². The lowest BCUT2D eigenvalue weighted by Gasteiger charge is -2.41. The van der Waals surface area contributed by atoms with Gasteiger partial charge in [0.15, 0.2) is 6.29 Å². The molecular weight excluding hydrogens is 470 g/mol. The fraction of sp³-hybridized carbons (Fsp3) is 0.720. The van der Waals surface area contributed by atoms with Crippen LogP contribution in [0.4, 0.5) is 5.69 Å². The lowest BCUT2D eigenvalue weighted by atomic mass is 9.98. The highest BCUT2D eigenvalue weighted by Gasteiger charge is 2.49. The van der Waals surface area contributed by atoms with Crippen LogP contribution >= 0.6 is 0 Å². The van der Waals surface area contributed by atoms with E-state index < -0.39 is 22.0 Å². The Labute approximate surface area is 212 Å². The maximum absolute atomic E-state index is 13.7. The number of hydrogen-bond acceptors (Lipinski definition) is 7. The molecule has 1 N–H and O–H groups in total. The number of nitrogens with zero attached hydrogens (tertiary/aromatic N) is 2. The van der Waals surface area contributed by atoms with Gasteiger partial charge in [0.25, 0.3) is 5.91 Å². The molecule has 10 heteroatoms. The highest BCUT2D eigenvalue weighted by atomic mass is 32.2. The van der Waals surface area contributed by atoms with Gasteiger partial charge in [0.05, 0.1) is 6.61 Å². The molecule has 3 saturated heterocycles. The number of hydrogen-bond donors (Lipinski definition) is 1. The Bertz CT molecular complexity index is 789. The third-order valence-corrected chi connectivity index (χ3v) is 8.55. The van der Waals surface area contributed by atoms with Crippen molar-refractivity contribution >= 4 is 22.6 Å². The maximum atomic E-state index is 13.7. The SMILES string of the molecule is CC.CCOc1ccc(N2CCN(S(=O)C3(C(=O)NOC4CCCCO4)CCOCC3)CC2)cc1. The second kappa shape index (κ2) is 14.1. The molecule has 0 radical (unpaired) electrons. The third kappa shape index (κ3) is 7.16. The van der Waals surface area contributed by atoms with Crippen molar-refractivity contribution in [3.63, 3.8) is 0 Å². The molecule has 0 spiro atoms. The minimum Gasteiger partial charge on any atom is -0.494 e. The summed E-state index contributed by atoms with van der Waals surface area (Å²) in [6.07, 6.45) is 3.11. The summed E-state index contributed by atoms with van der Waals surface area (Å²) in [5, 5.41) is 0. The first-order valence-corrected chi connectivity index (χ1v) is 14.0.